The molecule has 0 aliphatic carbocycles. The first-order valence-corrected chi connectivity index (χ1v) is 18.5. The highest BCUT2D eigenvalue weighted by atomic mass is 16.3. The minimum Gasteiger partial charge on any atom is -0.456 e. The maximum Gasteiger partial charge on any atom is 0.164 e. The summed E-state index contributed by atoms with van der Waals surface area (Å²) in [7, 11) is 0. The van der Waals surface area contributed by atoms with E-state index in [0.29, 0.717) is 17.5 Å². The summed E-state index contributed by atoms with van der Waals surface area (Å²) in [5.74, 6) is 1.86. The van der Waals surface area contributed by atoms with Gasteiger partial charge in [0.15, 0.2) is 17.5 Å². The maximum absolute atomic E-state index is 6.45. The molecule has 55 heavy (non-hydrogen) atoms. The summed E-state index contributed by atoms with van der Waals surface area (Å²) in [4.78, 5) is 15.6. The molecule has 4 heteroatoms. The maximum atomic E-state index is 6.45. The molecule has 11 rings (SSSR count). The molecule has 0 saturated heterocycles. The number of furan rings is 1. The molecule has 2 aromatic heterocycles. The van der Waals surface area contributed by atoms with Crippen molar-refractivity contribution >= 4 is 54.3 Å². The van der Waals surface area contributed by atoms with E-state index in [-0.39, 0.29) is 0 Å². The zero-order chi connectivity index (χ0) is 36.3. The van der Waals surface area contributed by atoms with E-state index in [2.05, 4.69) is 158 Å². The van der Waals surface area contributed by atoms with Crippen LogP contribution in [0.2, 0.25) is 0 Å². The molecule has 0 atom stereocenters. The monoisotopic (exact) mass is 701 g/mol. The van der Waals surface area contributed by atoms with Gasteiger partial charge in [-0.3, -0.25) is 0 Å². The van der Waals surface area contributed by atoms with Crippen LogP contribution in [0.25, 0.3) is 111 Å². The van der Waals surface area contributed by atoms with Crippen LogP contribution in [0.1, 0.15) is 0 Å². The first kappa shape index (κ1) is 31.1. The molecule has 2 heterocycles. The van der Waals surface area contributed by atoms with Crippen molar-refractivity contribution in [1.29, 1.82) is 0 Å². The molecule has 0 bridgehead atoms. The van der Waals surface area contributed by atoms with Gasteiger partial charge in [0.25, 0.3) is 0 Å². The quantitative estimate of drug-likeness (QED) is 0.168. The molecule has 9 aromatic carbocycles. The van der Waals surface area contributed by atoms with Gasteiger partial charge in [-0.2, -0.15) is 0 Å². The minimum absolute atomic E-state index is 0.609. The first-order valence-electron chi connectivity index (χ1n) is 18.5. The summed E-state index contributed by atoms with van der Waals surface area (Å²) in [6.07, 6.45) is 0. The zero-order valence-corrected chi connectivity index (χ0v) is 29.6. The third kappa shape index (κ3) is 5.26. The molecular weight excluding hydrogens is 671 g/mol. The van der Waals surface area contributed by atoms with Crippen LogP contribution in [0.4, 0.5) is 0 Å². The van der Waals surface area contributed by atoms with Crippen molar-refractivity contribution in [3.05, 3.63) is 188 Å². The predicted octanol–water partition coefficient (Wildman–Crippen LogP) is 13.6. The largest absolute Gasteiger partial charge is 0.456 e. The Kier molecular flexibility index (Phi) is 7.14. The number of aromatic nitrogens is 3. The van der Waals surface area contributed by atoms with E-state index in [9.17, 15) is 0 Å². The molecule has 0 radical (unpaired) electrons. The number of fused-ring (bicyclic) bond motifs is 8. The standard InChI is InChI=1S/C51H31N3O/c1-3-12-32(13-4-1)36-26-29-46-45(30-36)48-42(20-11-21-47(48)55-46)39-18-9-10-19-43(39)51-53-49(35-15-5-2-6-16-35)52-50(54-51)37-23-22-34-25-27-40-38-17-8-7-14-33(38)24-28-41(40)44(34)31-37/h1-31H. The van der Waals surface area contributed by atoms with Gasteiger partial charge in [0, 0.05) is 27.5 Å². The van der Waals surface area contributed by atoms with Gasteiger partial charge in [0.1, 0.15) is 11.2 Å². The Balaban J connectivity index is 1.12. The fourth-order valence-electron chi connectivity index (χ4n) is 8.07. The van der Waals surface area contributed by atoms with Crippen LogP contribution in [0.5, 0.6) is 0 Å². The van der Waals surface area contributed by atoms with Gasteiger partial charge in [-0.25, -0.2) is 15.0 Å². The third-order valence-electron chi connectivity index (χ3n) is 10.7. The Bertz CT molecular complexity index is 3260. The molecule has 256 valence electrons. The van der Waals surface area contributed by atoms with Crippen molar-refractivity contribution in [3.63, 3.8) is 0 Å². The Morgan fingerprint density at radius 1 is 0.291 bits per heavy atom. The second kappa shape index (κ2) is 12.6. The predicted molar refractivity (Wildman–Crippen MR) is 227 cm³/mol. The van der Waals surface area contributed by atoms with Crippen LogP contribution < -0.4 is 0 Å². The molecular formula is C51H31N3O. The van der Waals surface area contributed by atoms with Gasteiger partial charge in [-0.15, -0.1) is 0 Å². The number of benzene rings is 9. The topological polar surface area (TPSA) is 51.8 Å². The van der Waals surface area contributed by atoms with E-state index in [1.807, 2.05) is 30.3 Å². The summed E-state index contributed by atoms with van der Waals surface area (Å²) < 4.78 is 6.45. The van der Waals surface area contributed by atoms with Crippen molar-refractivity contribution in [3.8, 4) is 56.4 Å². The van der Waals surface area contributed by atoms with Crippen molar-refractivity contribution in [2.75, 3.05) is 0 Å². The fourth-order valence-corrected chi connectivity index (χ4v) is 8.07. The molecule has 4 nitrogen and oxygen atoms in total. The van der Waals surface area contributed by atoms with Crippen LogP contribution in [-0.2, 0) is 0 Å². The third-order valence-corrected chi connectivity index (χ3v) is 10.7. The van der Waals surface area contributed by atoms with Crippen molar-refractivity contribution in [2.45, 2.75) is 0 Å². The van der Waals surface area contributed by atoms with Crippen LogP contribution >= 0.6 is 0 Å². The number of hydrogen-bond acceptors (Lipinski definition) is 4. The summed E-state index contributed by atoms with van der Waals surface area (Å²) in [6.45, 7) is 0. The molecule has 0 N–H and O–H groups in total. The van der Waals surface area contributed by atoms with Gasteiger partial charge in [-0.1, -0.05) is 164 Å². The zero-order valence-electron chi connectivity index (χ0n) is 29.6. The van der Waals surface area contributed by atoms with Crippen LogP contribution in [-0.4, -0.2) is 15.0 Å². The highest BCUT2D eigenvalue weighted by Crippen LogP contribution is 2.42. The number of nitrogens with zero attached hydrogens (tertiary/aromatic N) is 3. The van der Waals surface area contributed by atoms with E-state index >= 15 is 0 Å². The van der Waals surface area contributed by atoms with E-state index in [4.69, 9.17) is 19.4 Å². The molecule has 0 spiro atoms. The summed E-state index contributed by atoms with van der Waals surface area (Å²) >= 11 is 0. The molecule has 0 amide bonds. The van der Waals surface area contributed by atoms with Gasteiger partial charge in [0.2, 0.25) is 0 Å². The molecule has 0 aliphatic rings. The summed E-state index contributed by atoms with van der Waals surface area (Å²) in [6, 6.07) is 65.7. The highest BCUT2D eigenvalue weighted by Gasteiger charge is 2.20. The van der Waals surface area contributed by atoms with E-state index in [1.54, 1.807) is 0 Å². The molecule has 11 aromatic rings. The van der Waals surface area contributed by atoms with Crippen LogP contribution in [0.3, 0.4) is 0 Å². The lowest BCUT2D eigenvalue weighted by Crippen LogP contribution is -2.01. The molecule has 0 saturated carbocycles. The van der Waals surface area contributed by atoms with Crippen LogP contribution in [0, 0.1) is 0 Å². The lowest BCUT2D eigenvalue weighted by Gasteiger charge is -2.13. The molecule has 0 aliphatic heterocycles. The van der Waals surface area contributed by atoms with Crippen molar-refractivity contribution < 1.29 is 4.42 Å². The van der Waals surface area contributed by atoms with Crippen LogP contribution in [0.15, 0.2) is 192 Å². The van der Waals surface area contributed by atoms with E-state index < -0.39 is 0 Å². The van der Waals surface area contributed by atoms with Crippen molar-refractivity contribution in [1.82, 2.24) is 15.0 Å². The smallest absolute Gasteiger partial charge is 0.164 e. The Morgan fingerprint density at radius 2 is 0.873 bits per heavy atom. The van der Waals surface area contributed by atoms with Gasteiger partial charge in [0.05, 0.1) is 0 Å². The summed E-state index contributed by atoms with van der Waals surface area (Å²) in [5.41, 5.74) is 8.86. The average molecular weight is 702 g/mol. The lowest BCUT2D eigenvalue weighted by molar-refractivity contribution is 0.669. The Morgan fingerprint density at radius 3 is 1.69 bits per heavy atom. The van der Waals surface area contributed by atoms with E-state index in [1.165, 1.54) is 26.9 Å². The molecule has 0 fully saturated rings. The van der Waals surface area contributed by atoms with Crippen molar-refractivity contribution in [2.24, 2.45) is 0 Å². The SMILES string of the molecule is c1ccc(-c2ccc3oc4cccc(-c5ccccc5-c5nc(-c6ccccc6)nc(-c6ccc7ccc8c9ccccc9ccc8c7c6)n5)c4c3c2)cc1. The number of rotatable bonds is 5. The molecule has 0 unspecified atom stereocenters. The highest BCUT2D eigenvalue weighted by molar-refractivity contribution is 6.18. The van der Waals surface area contributed by atoms with Gasteiger partial charge >= 0.3 is 0 Å². The second-order valence-corrected chi connectivity index (χ2v) is 14.0. The second-order valence-electron chi connectivity index (χ2n) is 14.0. The average Bonchev–Trinajstić information content (AvgIpc) is 3.65. The fraction of sp³-hybridized carbons (Fsp3) is 0. The van der Waals surface area contributed by atoms with E-state index in [0.717, 1.165) is 66.3 Å². The van der Waals surface area contributed by atoms with Gasteiger partial charge < -0.3 is 4.42 Å². The van der Waals surface area contributed by atoms with Gasteiger partial charge in [-0.05, 0) is 78.8 Å². The normalized spacial score (nSPS) is 11.6. The lowest BCUT2D eigenvalue weighted by atomic mass is 9.94. The summed E-state index contributed by atoms with van der Waals surface area (Å²) in [5, 5.41) is 9.38. The number of hydrogen-bond donors (Lipinski definition) is 0. The Labute approximate surface area is 317 Å². The Hall–Kier alpha value is -7.43. The minimum atomic E-state index is 0.609. The first-order chi connectivity index (χ1) is 27.2.